The first-order valence-electron chi connectivity index (χ1n) is 16.0. The van der Waals surface area contributed by atoms with E-state index in [0.717, 1.165) is 33.9 Å². The highest BCUT2D eigenvalue weighted by Crippen LogP contribution is 2.21. The van der Waals surface area contributed by atoms with Gasteiger partial charge >= 0.3 is 0 Å². The van der Waals surface area contributed by atoms with Gasteiger partial charge in [-0.2, -0.15) is 0 Å². The monoisotopic (exact) mass is 674 g/mol. The number of H-pyrrole nitrogens is 1. The molecule has 0 fully saturated rings. The van der Waals surface area contributed by atoms with Gasteiger partial charge in [-0.15, -0.1) is 0 Å². The first-order valence-corrected chi connectivity index (χ1v) is 19.7. The lowest BCUT2D eigenvalue weighted by Crippen LogP contribution is -2.35. The molecule has 0 aliphatic carbocycles. The molecule has 0 radical (unpaired) electrons. The number of anilines is 1. The van der Waals surface area contributed by atoms with Gasteiger partial charge in [0.05, 0.1) is 31.0 Å². The number of nitrogens with zero attached hydrogens (tertiary/aromatic N) is 5. The van der Waals surface area contributed by atoms with E-state index in [1.807, 2.05) is 47.0 Å². The van der Waals surface area contributed by atoms with Crippen LogP contribution in [0.4, 0.5) is 5.69 Å². The Kier molecular flexibility index (Phi) is 9.92. The van der Waals surface area contributed by atoms with Crippen molar-refractivity contribution in [1.29, 1.82) is 0 Å². The number of ether oxygens (including phenoxy) is 1. The number of aromatic amines is 1. The van der Waals surface area contributed by atoms with Crippen LogP contribution in [-0.2, 0) is 29.4 Å². The first kappa shape index (κ1) is 33.2. The van der Waals surface area contributed by atoms with Crippen molar-refractivity contribution in [2.75, 3.05) is 11.9 Å². The summed E-state index contributed by atoms with van der Waals surface area (Å²) in [4.78, 5) is 56.3. The van der Waals surface area contributed by atoms with Crippen LogP contribution in [0.5, 0.6) is 0 Å². The van der Waals surface area contributed by atoms with Gasteiger partial charge in [-0.25, -0.2) is 9.97 Å². The van der Waals surface area contributed by atoms with Crippen LogP contribution in [0.15, 0.2) is 103 Å². The number of benzene rings is 2. The summed E-state index contributed by atoms with van der Waals surface area (Å²) < 4.78 is 9.09. The molecule has 0 aliphatic heterocycles. The Morgan fingerprint density at radius 1 is 0.939 bits per heavy atom. The molecule has 2 aromatic carbocycles. The lowest BCUT2D eigenvalue weighted by molar-refractivity contribution is -0.121. The van der Waals surface area contributed by atoms with Gasteiger partial charge in [0.15, 0.2) is 0 Å². The van der Waals surface area contributed by atoms with Crippen LogP contribution in [0.1, 0.15) is 16.1 Å². The largest absolute Gasteiger partial charge is 0.361 e. The van der Waals surface area contributed by atoms with Gasteiger partial charge < -0.3 is 24.9 Å². The summed E-state index contributed by atoms with van der Waals surface area (Å²) in [6.45, 7) is 7.96. The minimum absolute atomic E-state index is 0.0433. The lowest BCUT2D eigenvalue weighted by atomic mass is 10.1. The molecule has 6 aromatic rings. The average Bonchev–Trinajstić information content (AvgIpc) is 3.74. The van der Waals surface area contributed by atoms with Crippen LogP contribution in [0.3, 0.4) is 0 Å². The van der Waals surface area contributed by atoms with Crippen molar-refractivity contribution in [3.05, 3.63) is 119 Å². The van der Waals surface area contributed by atoms with E-state index in [1.165, 1.54) is 10.8 Å². The third-order valence-corrected chi connectivity index (χ3v) is 9.67. The molecule has 4 heterocycles. The molecular formula is C36H38N8O4Si. The summed E-state index contributed by atoms with van der Waals surface area (Å²) in [6, 6.07) is 21.0. The maximum absolute atomic E-state index is 13.8. The van der Waals surface area contributed by atoms with Crippen LogP contribution in [0, 0.1) is 0 Å². The van der Waals surface area contributed by atoms with E-state index in [-0.39, 0.29) is 18.8 Å². The number of fused-ring (bicyclic) bond motifs is 1. The second-order valence-electron chi connectivity index (χ2n) is 12.9. The molecule has 6 rings (SSSR count). The fourth-order valence-electron chi connectivity index (χ4n) is 5.26. The summed E-state index contributed by atoms with van der Waals surface area (Å²) in [7, 11) is -1.19. The molecule has 12 nitrogen and oxygen atoms in total. The van der Waals surface area contributed by atoms with E-state index < -0.39 is 25.4 Å². The molecule has 0 saturated heterocycles. The number of pyridine rings is 1. The van der Waals surface area contributed by atoms with E-state index >= 15 is 0 Å². The van der Waals surface area contributed by atoms with Gasteiger partial charge in [0, 0.05) is 54.8 Å². The van der Waals surface area contributed by atoms with Crippen molar-refractivity contribution in [2.45, 2.75) is 45.5 Å². The van der Waals surface area contributed by atoms with E-state index in [2.05, 4.69) is 50.2 Å². The standard InChI is InChI=1S/C36H38N8O4Si/c1-49(2,3)16-15-48-24-43-23-38-21-32(43)25-9-11-27(12-10-25)35(46)42-31-20-40-34(26-7-5-4-6-8-26)44(36(31)47)22-33(45)39-19-29-17-28-18-37-14-13-30(28)41-29/h4-14,17-18,20-21,23,41H,15-16,19,22,24H2,1-3H3,(H,39,45)(H,42,46). The van der Waals surface area contributed by atoms with Crippen LogP contribution >= 0.6 is 0 Å². The Morgan fingerprint density at radius 3 is 2.49 bits per heavy atom. The van der Waals surface area contributed by atoms with Crippen LogP contribution < -0.4 is 16.2 Å². The number of hydrogen-bond donors (Lipinski definition) is 3. The molecule has 4 aromatic heterocycles. The summed E-state index contributed by atoms with van der Waals surface area (Å²) in [5.41, 5.74) is 3.86. The second kappa shape index (κ2) is 14.6. The highest BCUT2D eigenvalue weighted by atomic mass is 28.3. The van der Waals surface area contributed by atoms with Crippen LogP contribution in [0.25, 0.3) is 33.5 Å². The SMILES string of the molecule is C[Si](C)(C)CCOCn1cncc1-c1ccc(C(=O)Nc2cnc(-c3ccccc3)n(CC(=O)NCc3cc4cnccc4[nH]3)c2=O)cc1. The number of carbonyl (C=O) groups excluding carboxylic acids is 2. The maximum atomic E-state index is 13.8. The molecule has 0 spiro atoms. The third-order valence-electron chi connectivity index (χ3n) is 7.96. The number of amides is 2. The Bertz CT molecular complexity index is 2100. The second-order valence-corrected chi connectivity index (χ2v) is 18.5. The van der Waals surface area contributed by atoms with Crippen LogP contribution in [-0.4, -0.2) is 55.6 Å². The van der Waals surface area contributed by atoms with Gasteiger partial charge in [-0.05, 0) is 35.9 Å². The zero-order valence-corrected chi connectivity index (χ0v) is 28.6. The van der Waals surface area contributed by atoms with E-state index in [1.54, 1.807) is 49.2 Å². The molecule has 0 aliphatic rings. The van der Waals surface area contributed by atoms with Crippen molar-refractivity contribution in [1.82, 2.24) is 34.4 Å². The molecule has 3 N–H and O–H groups in total. The molecule has 0 unspecified atom stereocenters. The Hall–Kier alpha value is -5.66. The van der Waals surface area contributed by atoms with Gasteiger partial charge in [-0.3, -0.25) is 23.9 Å². The van der Waals surface area contributed by atoms with E-state index in [4.69, 9.17) is 4.74 Å². The van der Waals surface area contributed by atoms with Gasteiger partial charge in [0.2, 0.25) is 5.91 Å². The Morgan fingerprint density at radius 2 is 1.73 bits per heavy atom. The topological polar surface area (TPSA) is 149 Å². The minimum Gasteiger partial charge on any atom is -0.361 e. The molecular weight excluding hydrogens is 637 g/mol. The quantitative estimate of drug-likeness (QED) is 0.108. The number of rotatable bonds is 13. The predicted octanol–water partition coefficient (Wildman–Crippen LogP) is 5.53. The first-order chi connectivity index (χ1) is 23.6. The molecule has 13 heteroatoms. The Labute approximate surface area is 284 Å². The van der Waals surface area contributed by atoms with Crippen molar-refractivity contribution in [2.24, 2.45) is 0 Å². The highest BCUT2D eigenvalue weighted by molar-refractivity contribution is 6.76. The molecule has 49 heavy (non-hydrogen) atoms. The molecule has 250 valence electrons. The summed E-state index contributed by atoms with van der Waals surface area (Å²) in [5.74, 6) is -0.566. The number of imidazole rings is 1. The van der Waals surface area contributed by atoms with Crippen molar-refractivity contribution in [3.8, 4) is 22.6 Å². The number of nitrogens with one attached hydrogen (secondary N) is 3. The number of carbonyl (C=O) groups is 2. The number of hydrogen-bond acceptors (Lipinski definition) is 7. The zero-order chi connectivity index (χ0) is 34.4. The normalized spacial score (nSPS) is 11.5. The van der Waals surface area contributed by atoms with Crippen LogP contribution in [0.2, 0.25) is 25.7 Å². The lowest BCUT2D eigenvalue weighted by Gasteiger charge is -2.16. The highest BCUT2D eigenvalue weighted by Gasteiger charge is 2.18. The molecule has 2 amide bonds. The van der Waals surface area contributed by atoms with Gasteiger partial charge in [0.1, 0.15) is 24.8 Å². The molecule has 0 saturated carbocycles. The third kappa shape index (κ3) is 8.26. The average molecular weight is 675 g/mol. The summed E-state index contributed by atoms with van der Waals surface area (Å²) in [5, 5.41) is 6.49. The predicted molar refractivity (Wildman–Crippen MR) is 192 cm³/mol. The van der Waals surface area contributed by atoms with Gasteiger partial charge in [0.25, 0.3) is 11.5 Å². The van der Waals surface area contributed by atoms with E-state index in [0.29, 0.717) is 30.3 Å². The summed E-state index contributed by atoms with van der Waals surface area (Å²) >= 11 is 0. The Balaban J connectivity index is 1.16. The van der Waals surface area contributed by atoms with Crippen molar-refractivity contribution >= 4 is 36.5 Å². The fraction of sp³-hybridized carbons (Fsp3) is 0.222. The molecule has 0 bridgehead atoms. The van der Waals surface area contributed by atoms with Crippen molar-refractivity contribution in [3.63, 3.8) is 0 Å². The van der Waals surface area contributed by atoms with Gasteiger partial charge in [-0.1, -0.05) is 62.1 Å². The molecule has 0 atom stereocenters. The minimum atomic E-state index is -1.19. The smallest absolute Gasteiger partial charge is 0.278 e. The summed E-state index contributed by atoms with van der Waals surface area (Å²) in [6.07, 6.45) is 8.24. The number of aromatic nitrogens is 6. The van der Waals surface area contributed by atoms with Crippen molar-refractivity contribution < 1.29 is 14.3 Å². The van der Waals surface area contributed by atoms with E-state index in [9.17, 15) is 14.4 Å². The fourth-order valence-corrected chi connectivity index (χ4v) is 6.01. The maximum Gasteiger partial charge on any atom is 0.278 e. The zero-order valence-electron chi connectivity index (χ0n) is 27.6.